The number of alkyl halides is 1. The smallest absolute Gasteiger partial charge is 0.133 e. The van der Waals surface area contributed by atoms with Gasteiger partial charge >= 0.3 is 0 Å². The van der Waals surface area contributed by atoms with E-state index in [0.717, 1.165) is 11.6 Å². The van der Waals surface area contributed by atoms with Crippen LogP contribution in [-0.4, -0.2) is 5.88 Å². The van der Waals surface area contributed by atoms with Crippen LogP contribution in [0.3, 0.4) is 0 Å². The van der Waals surface area contributed by atoms with Crippen LogP contribution < -0.4 is 0 Å². The molecule has 0 unspecified atom stereocenters. The molecule has 0 aliphatic heterocycles. The van der Waals surface area contributed by atoms with Gasteiger partial charge in [0.2, 0.25) is 0 Å². The standard InChI is InChI=1S/C15H10Cl2F2/c16-9-11(7-10-1-3-12(17)4-2-10)14-6-5-13(18)8-15(14)19/h1-8H,9H2/b11-7+. The maximum Gasteiger partial charge on any atom is 0.133 e. The first-order chi connectivity index (χ1) is 9.10. The number of halogens is 4. The van der Waals surface area contributed by atoms with E-state index < -0.39 is 11.6 Å². The second kappa shape index (κ2) is 6.18. The van der Waals surface area contributed by atoms with Crippen LogP contribution >= 0.6 is 23.2 Å². The highest BCUT2D eigenvalue weighted by atomic mass is 35.5. The third-order valence-electron chi connectivity index (χ3n) is 2.63. The largest absolute Gasteiger partial charge is 0.207 e. The normalized spacial score (nSPS) is 11.7. The van der Waals surface area contributed by atoms with Crippen LogP contribution in [0.1, 0.15) is 11.1 Å². The molecule has 0 aliphatic rings. The van der Waals surface area contributed by atoms with Crippen molar-refractivity contribution in [3.8, 4) is 0 Å². The summed E-state index contributed by atoms with van der Waals surface area (Å²) >= 11 is 11.6. The lowest BCUT2D eigenvalue weighted by Crippen LogP contribution is -1.92. The Balaban J connectivity index is 2.41. The summed E-state index contributed by atoms with van der Waals surface area (Å²) in [6.45, 7) is 0. The maximum atomic E-state index is 13.7. The minimum Gasteiger partial charge on any atom is -0.207 e. The Hall–Kier alpha value is -1.38. The third kappa shape index (κ3) is 3.55. The van der Waals surface area contributed by atoms with Crippen molar-refractivity contribution in [2.75, 3.05) is 5.88 Å². The summed E-state index contributed by atoms with van der Waals surface area (Å²) in [6, 6.07) is 10.5. The molecular formula is C15H10Cl2F2. The van der Waals surface area contributed by atoms with Gasteiger partial charge in [0, 0.05) is 22.5 Å². The SMILES string of the molecule is Fc1ccc(/C(=C/c2ccc(Cl)cc2)CCl)c(F)c1. The quantitative estimate of drug-likeness (QED) is 0.526. The Morgan fingerprint density at radius 3 is 2.32 bits per heavy atom. The van der Waals surface area contributed by atoms with E-state index in [1.165, 1.54) is 12.1 Å². The molecule has 0 saturated heterocycles. The van der Waals surface area contributed by atoms with Gasteiger partial charge in [-0.25, -0.2) is 8.78 Å². The van der Waals surface area contributed by atoms with Crippen LogP contribution in [0.4, 0.5) is 8.78 Å². The van der Waals surface area contributed by atoms with Crippen molar-refractivity contribution in [3.63, 3.8) is 0 Å². The number of allylic oxidation sites excluding steroid dienone is 1. The Bertz CT molecular complexity index is 604. The van der Waals surface area contributed by atoms with Crippen molar-refractivity contribution in [1.29, 1.82) is 0 Å². The van der Waals surface area contributed by atoms with Crippen molar-refractivity contribution in [3.05, 3.63) is 70.2 Å². The van der Waals surface area contributed by atoms with Crippen molar-refractivity contribution in [2.45, 2.75) is 0 Å². The molecule has 0 amide bonds. The van der Waals surface area contributed by atoms with Gasteiger partial charge in [-0.15, -0.1) is 11.6 Å². The summed E-state index contributed by atoms with van der Waals surface area (Å²) in [7, 11) is 0. The molecule has 0 aliphatic carbocycles. The molecule has 0 bridgehead atoms. The number of benzene rings is 2. The Morgan fingerprint density at radius 2 is 1.74 bits per heavy atom. The summed E-state index contributed by atoms with van der Waals surface area (Å²) in [5.74, 6) is -1.10. The molecule has 2 aromatic rings. The van der Waals surface area contributed by atoms with Crippen LogP contribution in [0, 0.1) is 11.6 Å². The second-order valence-corrected chi connectivity index (χ2v) is 4.68. The molecule has 19 heavy (non-hydrogen) atoms. The molecule has 0 fully saturated rings. The molecule has 0 N–H and O–H groups in total. The first kappa shape index (κ1) is 14.0. The van der Waals surface area contributed by atoms with Crippen LogP contribution in [0.15, 0.2) is 42.5 Å². The summed E-state index contributed by atoms with van der Waals surface area (Å²) < 4.78 is 26.6. The van der Waals surface area contributed by atoms with Gasteiger partial charge in [-0.2, -0.15) is 0 Å². The first-order valence-corrected chi connectivity index (χ1v) is 6.49. The molecule has 0 heterocycles. The van der Waals surface area contributed by atoms with Gasteiger partial charge in [-0.05, 0) is 41.5 Å². The van der Waals surface area contributed by atoms with E-state index in [0.29, 0.717) is 16.2 Å². The average molecular weight is 299 g/mol. The van der Waals surface area contributed by atoms with E-state index in [1.807, 2.05) is 0 Å². The zero-order chi connectivity index (χ0) is 13.8. The predicted octanol–water partition coefficient (Wildman–Crippen LogP) is 5.40. The molecule has 0 atom stereocenters. The number of hydrogen-bond donors (Lipinski definition) is 0. The summed E-state index contributed by atoms with van der Waals surface area (Å²) in [6.07, 6.45) is 1.75. The van der Waals surface area contributed by atoms with Crippen molar-refractivity contribution >= 4 is 34.9 Å². The molecular weight excluding hydrogens is 289 g/mol. The van der Waals surface area contributed by atoms with Gasteiger partial charge in [-0.1, -0.05) is 23.7 Å². The molecule has 4 heteroatoms. The maximum absolute atomic E-state index is 13.7. The fraction of sp³-hybridized carbons (Fsp3) is 0.0667. The molecule has 0 aromatic heterocycles. The lowest BCUT2D eigenvalue weighted by Gasteiger charge is -2.06. The highest BCUT2D eigenvalue weighted by Gasteiger charge is 2.08. The molecule has 2 rings (SSSR count). The van der Waals surface area contributed by atoms with Gasteiger partial charge < -0.3 is 0 Å². The van der Waals surface area contributed by atoms with Gasteiger partial charge in [0.05, 0.1) is 0 Å². The van der Waals surface area contributed by atoms with E-state index in [9.17, 15) is 8.78 Å². The molecule has 2 aromatic carbocycles. The van der Waals surface area contributed by atoms with Gasteiger partial charge in [0.25, 0.3) is 0 Å². The van der Waals surface area contributed by atoms with Crippen LogP contribution in [-0.2, 0) is 0 Å². The average Bonchev–Trinajstić information content (AvgIpc) is 2.39. The van der Waals surface area contributed by atoms with Crippen molar-refractivity contribution in [1.82, 2.24) is 0 Å². The Kier molecular flexibility index (Phi) is 4.56. The van der Waals surface area contributed by atoms with Gasteiger partial charge in [0.1, 0.15) is 11.6 Å². The highest BCUT2D eigenvalue weighted by molar-refractivity contribution is 6.30. The topological polar surface area (TPSA) is 0 Å². The Labute approximate surface area is 120 Å². The third-order valence-corrected chi connectivity index (χ3v) is 3.17. The van der Waals surface area contributed by atoms with Gasteiger partial charge in [0.15, 0.2) is 0 Å². The highest BCUT2D eigenvalue weighted by Crippen LogP contribution is 2.23. The molecule has 98 valence electrons. The van der Waals surface area contributed by atoms with E-state index in [-0.39, 0.29) is 5.88 Å². The number of rotatable bonds is 3. The van der Waals surface area contributed by atoms with Crippen LogP contribution in [0.5, 0.6) is 0 Å². The lowest BCUT2D eigenvalue weighted by atomic mass is 10.0. The zero-order valence-electron chi connectivity index (χ0n) is 9.84. The zero-order valence-corrected chi connectivity index (χ0v) is 11.3. The Morgan fingerprint density at radius 1 is 1.05 bits per heavy atom. The van der Waals surface area contributed by atoms with Crippen LogP contribution in [0.2, 0.25) is 5.02 Å². The predicted molar refractivity (Wildman–Crippen MR) is 76.4 cm³/mol. The number of hydrogen-bond acceptors (Lipinski definition) is 0. The molecule has 0 nitrogen and oxygen atoms in total. The second-order valence-electron chi connectivity index (χ2n) is 3.98. The first-order valence-electron chi connectivity index (χ1n) is 5.57. The minimum absolute atomic E-state index is 0.130. The summed E-state index contributed by atoms with van der Waals surface area (Å²) in [5.41, 5.74) is 1.73. The van der Waals surface area contributed by atoms with Crippen LogP contribution in [0.25, 0.3) is 11.6 Å². The fourth-order valence-corrected chi connectivity index (χ4v) is 2.05. The van der Waals surface area contributed by atoms with E-state index >= 15 is 0 Å². The molecule has 0 saturated carbocycles. The van der Waals surface area contributed by atoms with Crippen molar-refractivity contribution in [2.24, 2.45) is 0 Å². The molecule has 0 spiro atoms. The van der Waals surface area contributed by atoms with Crippen molar-refractivity contribution < 1.29 is 8.78 Å². The molecule has 0 radical (unpaired) electrons. The van der Waals surface area contributed by atoms with E-state index in [1.54, 1.807) is 30.3 Å². The lowest BCUT2D eigenvalue weighted by molar-refractivity contribution is 0.581. The monoisotopic (exact) mass is 298 g/mol. The summed E-state index contributed by atoms with van der Waals surface area (Å²) in [5, 5.41) is 0.623. The minimum atomic E-state index is -0.624. The van der Waals surface area contributed by atoms with Gasteiger partial charge in [-0.3, -0.25) is 0 Å². The summed E-state index contributed by atoms with van der Waals surface area (Å²) in [4.78, 5) is 0. The fourth-order valence-electron chi connectivity index (χ4n) is 1.70. The van der Waals surface area contributed by atoms with E-state index in [2.05, 4.69) is 0 Å². The van der Waals surface area contributed by atoms with E-state index in [4.69, 9.17) is 23.2 Å².